The lowest BCUT2D eigenvalue weighted by molar-refractivity contribution is 0.157. The van der Waals surface area contributed by atoms with Gasteiger partial charge in [-0.3, -0.25) is 9.47 Å². The van der Waals surface area contributed by atoms with Crippen LogP contribution in [0.25, 0.3) is 15.9 Å². The Morgan fingerprint density at radius 3 is 2.44 bits per heavy atom. The third kappa shape index (κ3) is 4.11. The van der Waals surface area contributed by atoms with E-state index in [1.165, 1.54) is 15.7 Å². The normalized spacial score (nSPS) is 19.5. The molecule has 3 heterocycles. The first-order chi connectivity index (χ1) is 15.3. The number of hydrogen-bond acceptors (Lipinski definition) is 5. The maximum atomic E-state index is 12.5. The van der Waals surface area contributed by atoms with Gasteiger partial charge in [-0.15, -0.1) is 4.98 Å². The molecule has 0 amide bonds. The summed E-state index contributed by atoms with van der Waals surface area (Å²) in [5.74, 6) is 1.42. The van der Waals surface area contributed by atoms with Crippen LogP contribution in [0.5, 0.6) is 0 Å². The molecule has 0 spiro atoms. The number of aryl methyl sites for hydroxylation is 1. The number of hydrogen-bond donors (Lipinski definition) is 0. The molecule has 0 N–H and O–H groups in total. The van der Waals surface area contributed by atoms with Crippen LogP contribution in [0.1, 0.15) is 44.7 Å². The van der Waals surface area contributed by atoms with Gasteiger partial charge in [-0.05, 0) is 43.0 Å². The first kappa shape index (κ1) is 22.0. The number of piperazine rings is 1. The van der Waals surface area contributed by atoms with Crippen molar-refractivity contribution in [1.82, 2.24) is 19.4 Å². The Hall–Kier alpha value is -3.24. The molecule has 166 valence electrons. The van der Waals surface area contributed by atoms with Crippen molar-refractivity contribution < 1.29 is 0 Å². The molecule has 7 heteroatoms. The van der Waals surface area contributed by atoms with Crippen molar-refractivity contribution in [2.75, 3.05) is 18.0 Å². The van der Waals surface area contributed by atoms with Gasteiger partial charge in [0.2, 0.25) is 5.52 Å². The van der Waals surface area contributed by atoms with E-state index in [-0.39, 0.29) is 17.8 Å². The quantitative estimate of drug-likeness (QED) is 0.583. The van der Waals surface area contributed by atoms with Crippen LogP contribution in [0.4, 0.5) is 11.6 Å². The van der Waals surface area contributed by atoms with E-state index in [1.54, 1.807) is 19.2 Å². The SMILES string of the molecule is [C-]#[N+]c1ccc2c(n1)c(N1C[C@@H](C)N(Cc3ccc(C(C)C)cc3)C[C@@H]1C)nc(=O)n2C. The van der Waals surface area contributed by atoms with Crippen LogP contribution in [-0.2, 0) is 13.6 Å². The number of fused-ring (bicyclic) bond motifs is 1. The fourth-order valence-electron chi connectivity index (χ4n) is 4.42. The second kappa shape index (κ2) is 8.71. The Balaban J connectivity index is 1.61. The molecular weight excluding hydrogens is 400 g/mol. The zero-order valence-corrected chi connectivity index (χ0v) is 19.4. The molecule has 0 bridgehead atoms. The summed E-state index contributed by atoms with van der Waals surface area (Å²) < 4.78 is 1.49. The van der Waals surface area contributed by atoms with Crippen molar-refractivity contribution in [3.63, 3.8) is 0 Å². The predicted octanol–water partition coefficient (Wildman–Crippen LogP) is 4.10. The van der Waals surface area contributed by atoms with E-state index in [0.29, 0.717) is 28.6 Å². The zero-order valence-electron chi connectivity index (χ0n) is 19.4. The van der Waals surface area contributed by atoms with Crippen LogP contribution >= 0.6 is 0 Å². The molecule has 0 unspecified atom stereocenters. The second-order valence-electron chi connectivity index (χ2n) is 9.10. The Bertz CT molecular complexity index is 1220. The molecular formula is C25H30N6O. The van der Waals surface area contributed by atoms with Crippen LogP contribution in [0.15, 0.2) is 41.2 Å². The van der Waals surface area contributed by atoms with Gasteiger partial charge in [-0.25, -0.2) is 4.79 Å². The lowest BCUT2D eigenvalue weighted by Gasteiger charge is -2.44. The number of anilines is 1. The highest BCUT2D eigenvalue weighted by Crippen LogP contribution is 2.29. The third-order valence-electron chi connectivity index (χ3n) is 6.45. The molecule has 0 saturated carbocycles. The summed E-state index contributed by atoms with van der Waals surface area (Å²) in [6, 6.07) is 12.8. The van der Waals surface area contributed by atoms with E-state index in [2.05, 4.69) is 76.6 Å². The number of rotatable bonds is 4. The van der Waals surface area contributed by atoms with Crippen LogP contribution in [0.3, 0.4) is 0 Å². The van der Waals surface area contributed by atoms with Crippen LogP contribution < -0.4 is 10.6 Å². The maximum absolute atomic E-state index is 12.5. The second-order valence-corrected chi connectivity index (χ2v) is 9.10. The highest BCUT2D eigenvalue weighted by Gasteiger charge is 2.32. The van der Waals surface area contributed by atoms with E-state index in [0.717, 1.165) is 19.6 Å². The van der Waals surface area contributed by atoms with Gasteiger partial charge >= 0.3 is 5.69 Å². The largest absolute Gasteiger partial charge is 0.361 e. The van der Waals surface area contributed by atoms with E-state index in [4.69, 9.17) is 6.57 Å². The fourth-order valence-corrected chi connectivity index (χ4v) is 4.42. The van der Waals surface area contributed by atoms with Crippen molar-refractivity contribution in [3.05, 3.63) is 69.4 Å². The molecule has 0 aliphatic carbocycles. The summed E-state index contributed by atoms with van der Waals surface area (Å²) in [6.07, 6.45) is 0. The van der Waals surface area contributed by atoms with Gasteiger partial charge in [0.25, 0.3) is 5.82 Å². The Morgan fingerprint density at radius 1 is 1.06 bits per heavy atom. The minimum absolute atomic E-state index is 0.155. The molecule has 1 aliphatic rings. The third-order valence-corrected chi connectivity index (χ3v) is 6.45. The standard InChI is InChI=1S/C25H30N6O/c1-16(2)20-9-7-19(8-10-20)15-30-13-18(4)31(14-17(30)3)24-23-21(29(6)25(32)28-24)11-12-22(26-5)27-23/h7-12,16-18H,13-15H2,1-4,6H3/t17-,18+/m1/s1. The van der Waals surface area contributed by atoms with Gasteiger partial charge < -0.3 is 9.74 Å². The van der Waals surface area contributed by atoms with Gasteiger partial charge in [-0.2, -0.15) is 4.98 Å². The number of pyridine rings is 1. The van der Waals surface area contributed by atoms with Crippen LogP contribution in [0, 0.1) is 6.57 Å². The van der Waals surface area contributed by atoms with Gasteiger partial charge in [0.1, 0.15) is 0 Å². The first-order valence-corrected chi connectivity index (χ1v) is 11.1. The summed E-state index contributed by atoms with van der Waals surface area (Å²) in [7, 11) is 1.69. The Morgan fingerprint density at radius 2 is 1.78 bits per heavy atom. The van der Waals surface area contributed by atoms with Crippen LogP contribution in [0.2, 0.25) is 0 Å². The average molecular weight is 431 g/mol. The van der Waals surface area contributed by atoms with Gasteiger partial charge in [0.15, 0.2) is 5.82 Å². The maximum Gasteiger partial charge on any atom is 0.350 e. The predicted molar refractivity (Wildman–Crippen MR) is 128 cm³/mol. The topological polar surface area (TPSA) is 58.6 Å². The van der Waals surface area contributed by atoms with E-state index >= 15 is 0 Å². The summed E-state index contributed by atoms with van der Waals surface area (Å²) >= 11 is 0. The van der Waals surface area contributed by atoms with Crippen LogP contribution in [-0.4, -0.2) is 44.6 Å². The molecule has 2 aromatic heterocycles. The number of benzene rings is 1. The molecule has 2 atom stereocenters. The molecule has 1 aromatic carbocycles. The van der Waals surface area contributed by atoms with E-state index < -0.39 is 0 Å². The minimum Gasteiger partial charge on any atom is -0.361 e. The summed E-state index contributed by atoms with van der Waals surface area (Å²) in [6.45, 7) is 18.6. The molecule has 1 fully saturated rings. The smallest absolute Gasteiger partial charge is 0.350 e. The molecule has 0 radical (unpaired) electrons. The van der Waals surface area contributed by atoms with Crippen molar-refractivity contribution in [2.24, 2.45) is 7.05 Å². The molecule has 1 aliphatic heterocycles. The number of aromatic nitrogens is 3. The van der Waals surface area contributed by atoms with E-state index in [9.17, 15) is 4.79 Å². The lowest BCUT2D eigenvalue weighted by Crippen LogP contribution is -2.56. The summed E-state index contributed by atoms with van der Waals surface area (Å²) in [5, 5.41) is 0. The summed E-state index contributed by atoms with van der Waals surface area (Å²) in [5.41, 5.74) is 3.66. The van der Waals surface area contributed by atoms with Gasteiger partial charge in [-0.1, -0.05) is 44.7 Å². The lowest BCUT2D eigenvalue weighted by atomic mass is 10.0. The summed E-state index contributed by atoms with van der Waals surface area (Å²) in [4.78, 5) is 29.5. The number of nitrogens with zero attached hydrogens (tertiary/aromatic N) is 6. The molecule has 4 rings (SSSR count). The zero-order chi connectivity index (χ0) is 23.0. The van der Waals surface area contributed by atoms with Crippen molar-refractivity contribution >= 4 is 22.7 Å². The average Bonchev–Trinajstić information content (AvgIpc) is 2.78. The van der Waals surface area contributed by atoms with Gasteiger partial charge in [0, 0.05) is 38.8 Å². The minimum atomic E-state index is -0.308. The van der Waals surface area contributed by atoms with Crippen molar-refractivity contribution in [2.45, 2.75) is 52.2 Å². The fraction of sp³-hybridized carbons (Fsp3) is 0.440. The Labute approximate surface area is 189 Å². The van der Waals surface area contributed by atoms with Crippen molar-refractivity contribution in [3.8, 4) is 0 Å². The Kier molecular flexibility index (Phi) is 5.98. The molecule has 7 nitrogen and oxygen atoms in total. The monoisotopic (exact) mass is 430 g/mol. The van der Waals surface area contributed by atoms with Gasteiger partial charge in [0.05, 0.1) is 5.52 Å². The highest BCUT2D eigenvalue weighted by molar-refractivity contribution is 5.87. The van der Waals surface area contributed by atoms with Crippen molar-refractivity contribution in [1.29, 1.82) is 0 Å². The van der Waals surface area contributed by atoms with E-state index in [1.807, 2.05) is 0 Å². The first-order valence-electron chi connectivity index (χ1n) is 11.1. The molecule has 32 heavy (non-hydrogen) atoms. The molecule has 1 saturated heterocycles. The molecule has 3 aromatic rings. The highest BCUT2D eigenvalue weighted by atomic mass is 16.1.